The molecule has 2 atom stereocenters. The second-order valence-corrected chi connectivity index (χ2v) is 6.45. The van der Waals surface area contributed by atoms with Crippen molar-refractivity contribution in [2.45, 2.75) is 52.5 Å². The van der Waals surface area contributed by atoms with Crippen LogP contribution < -0.4 is 5.32 Å². The highest BCUT2D eigenvalue weighted by Gasteiger charge is 2.32. The summed E-state index contributed by atoms with van der Waals surface area (Å²) >= 11 is 6.35. The van der Waals surface area contributed by atoms with Gasteiger partial charge in [0.05, 0.1) is 16.9 Å². The van der Waals surface area contributed by atoms with Gasteiger partial charge in [0.1, 0.15) is 0 Å². The van der Waals surface area contributed by atoms with Crippen LogP contribution in [0.3, 0.4) is 0 Å². The van der Waals surface area contributed by atoms with E-state index in [0.717, 1.165) is 24.7 Å². The summed E-state index contributed by atoms with van der Waals surface area (Å²) in [4.78, 5) is 0. The average Bonchev–Trinajstić information content (AvgIpc) is 2.94. The summed E-state index contributed by atoms with van der Waals surface area (Å²) in [5.41, 5.74) is 1.26. The normalized spacial score (nSPS) is 23.4. The Labute approximate surface area is 121 Å². The molecule has 2 unspecified atom stereocenters. The molecule has 0 spiro atoms. The minimum absolute atomic E-state index is 0.578. The lowest BCUT2D eigenvalue weighted by atomic mass is 9.92. The number of aryl methyl sites for hydroxylation is 1. The lowest BCUT2D eigenvalue weighted by Crippen LogP contribution is -2.28. The summed E-state index contributed by atoms with van der Waals surface area (Å²) in [5, 5.41) is 8.84. The topological polar surface area (TPSA) is 29.9 Å². The molecule has 1 saturated carbocycles. The molecule has 1 aliphatic carbocycles. The minimum Gasteiger partial charge on any atom is -0.316 e. The van der Waals surface area contributed by atoms with Crippen LogP contribution in [0.5, 0.6) is 0 Å². The van der Waals surface area contributed by atoms with Gasteiger partial charge in [-0.3, -0.25) is 4.68 Å². The largest absolute Gasteiger partial charge is 0.316 e. The van der Waals surface area contributed by atoms with Gasteiger partial charge in [0, 0.05) is 12.5 Å². The fourth-order valence-corrected chi connectivity index (χ4v) is 3.47. The molecule has 0 aliphatic heterocycles. The Morgan fingerprint density at radius 2 is 2.26 bits per heavy atom. The van der Waals surface area contributed by atoms with Crippen molar-refractivity contribution in [1.82, 2.24) is 15.1 Å². The molecular weight excluding hydrogens is 258 g/mol. The molecule has 0 aromatic carbocycles. The van der Waals surface area contributed by atoms with Crippen LogP contribution >= 0.6 is 11.6 Å². The lowest BCUT2D eigenvalue weighted by molar-refractivity contribution is 0.408. The van der Waals surface area contributed by atoms with Crippen LogP contribution in [0, 0.1) is 11.8 Å². The molecule has 3 nitrogen and oxygen atoms in total. The van der Waals surface area contributed by atoms with Crippen LogP contribution in [0.15, 0.2) is 6.20 Å². The van der Waals surface area contributed by atoms with Gasteiger partial charge in [-0.2, -0.15) is 5.10 Å². The van der Waals surface area contributed by atoms with E-state index in [9.17, 15) is 0 Å². The number of nitrogens with one attached hydrogen (secondary N) is 1. The third kappa shape index (κ3) is 3.51. The van der Waals surface area contributed by atoms with Crippen LogP contribution in [0.25, 0.3) is 0 Å². The zero-order valence-corrected chi connectivity index (χ0v) is 13.1. The molecule has 1 N–H and O–H groups in total. The molecule has 108 valence electrons. The van der Waals surface area contributed by atoms with Gasteiger partial charge in [0.15, 0.2) is 0 Å². The minimum atomic E-state index is 0.578. The maximum Gasteiger partial charge on any atom is 0.0820 e. The molecule has 1 aromatic heterocycles. The Balaban J connectivity index is 2.03. The maximum absolute atomic E-state index is 6.35. The molecular formula is C15H26ClN3. The molecule has 1 aliphatic rings. The van der Waals surface area contributed by atoms with E-state index >= 15 is 0 Å². The van der Waals surface area contributed by atoms with Gasteiger partial charge >= 0.3 is 0 Å². The van der Waals surface area contributed by atoms with Crippen LogP contribution in [-0.4, -0.2) is 22.9 Å². The van der Waals surface area contributed by atoms with Gasteiger partial charge < -0.3 is 5.32 Å². The van der Waals surface area contributed by atoms with Crippen molar-refractivity contribution in [3.63, 3.8) is 0 Å². The summed E-state index contributed by atoms with van der Waals surface area (Å²) in [6.45, 7) is 9.75. The van der Waals surface area contributed by atoms with E-state index in [4.69, 9.17) is 11.6 Å². The first-order chi connectivity index (χ1) is 9.13. The Bertz CT molecular complexity index is 400. The molecule has 0 radical (unpaired) electrons. The van der Waals surface area contributed by atoms with Crippen LogP contribution in [-0.2, 0) is 6.54 Å². The van der Waals surface area contributed by atoms with Crippen LogP contribution in [0.4, 0.5) is 0 Å². The quantitative estimate of drug-likeness (QED) is 0.863. The van der Waals surface area contributed by atoms with Crippen molar-refractivity contribution in [2.24, 2.45) is 11.8 Å². The summed E-state index contributed by atoms with van der Waals surface area (Å²) in [6, 6.07) is 0. The van der Waals surface area contributed by atoms with Crippen LogP contribution in [0.2, 0.25) is 5.02 Å². The Morgan fingerprint density at radius 3 is 2.95 bits per heavy atom. The first-order valence-corrected chi connectivity index (χ1v) is 7.93. The summed E-state index contributed by atoms with van der Waals surface area (Å²) < 4.78 is 2.08. The number of halogens is 1. The van der Waals surface area contributed by atoms with Gasteiger partial charge in [-0.25, -0.2) is 0 Å². The zero-order chi connectivity index (χ0) is 13.8. The van der Waals surface area contributed by atoms with Gasteiger partial charge in [-0.15, -0.1) is 0 Å². The molecule has 4 heteroatoms. The number of hydrogen-bond acceptors (Lipinski definition) is 2. The average molecular weight is 284 g/mol. The van der Waals surface area contributed by atoms with Crippen molar-refractivity contribution in [3.05, 3.63) is 16.9 Å². The van der Waals surface area contributed by atoms with Crippen molar-refractivity contribution in [1.29, 1.82) is 0 Å². The maximum atomic E-state index is 6.35. The molecule has 0 amide bonds. The highest BCUT2D eigenvalue weighted by molar-refractivity contribution is 6.31. The van der Waals surface area contributed by atoms with E-state index in [1.807, 2.05) is 0 Å². The monoisotopic (exact) mass is 283 g/mol. The van der Waals surface area contributed by atoms with Crippen molar-refractivity contribution >= 4 is 11.6 Å². The van der Waals surface area contributed by atoms with E-state index < -0.39 is 0 Å². The van der Waals surface area contributed by atoms with Gasteiger partial charge in [-0.1, -0.05) is 31.9 Å². The van der Waals surface area contributed by atoms with Gasteiger partial charge in [-0.05, 0) is 44.7 Å². The molecule has 2 rings (SSSR count). The fraction of sp³-hybridized carbons (Fsp3) is 0.800. The summed E-state index contributed by atoms with van der Waals surface area (Å²) in [5.74, 6) is 2.00. The SMILES string of the molecule is CCn1ncc(Cl)c1C1CCCC1CNCC(C)C. The molecule has 0 saturated heterocycles. The molecule has 19 heavy (non-hydrogen) atoms. The first-order valence-electron chi connectivity index (χ1n) is 7.55. The van der Waals surface area contributed by atoms with Crippen molar-refractivity contribution in [2.75, 3.05) is 13.1 Å². The van der Waals surface area contributed by atoms with E-state index in [1.165, 1.54) is 25.0 Å². The highest BCUT2D eigenvalue weighted by atomic mass is 35.5. The predicted octanol–water partition coefficient (Wildman–Crippen LogP) is 3.69. The lowest BCUT2D eigenvalue weighted by Gasteiger charge is -2.22. The second kappa shape index (κ2) is 6.76. The van der Waals surface area contributed by atoms with Crippen molar-refractivity contribution in [3.8, 4) is 0 Å². The molecule has 1 aromatic rings. The second-order valence-electron chi connectivity index (χ2n) is 6.04. The highest BCUT2D eigenvalue weighted by Crippen LogP contribution is 2.41. The Hall–Kier alpha value is -0.540. The summed E-state index contributed by atoms with van der Waals surface area (Å²) in [7, 11) is 0. The predicted molar refractivity (Wildman–Crippen MR) is 80.7 cm³/mol. The Morgan fingerprint density at radius 1 is 1.47 bits per heavy atom. The standard InChI is InChI=1S/C15H26ClN3/c1-4-19-15(14(16)10-18-19)13-7-5-6-12(13)9-17-8-11(2)3/h10-13,17H,4-9H2,1-3H3. The third-order valence-corrected chi connectivity index (χ3v) is 4.39. The first kappa shape index (κ1) is 14.9. The number of hydrogen-bond donors (Lipinski definition) is 1. The van der Waals surface area contributed by atoms with E-state index in [2.05, 4.69) is 35.9 Å². The smallest absolute Gasteiger partial charge is 0.0820 e. The number of nitrogens with zero attached hydrogens (tertiary/aromatic N) is 2. The third-order valence-electron chi connectivity index (χ3n) is 4.10. The van der Waals surface area contributed by atoms with E-state index in [-0.39, 0.29) is 0 Å². The zero-order valence-electron chi connectivity index (χ0n) is 12.3. The number of rotatable bonds is 6. The molecule has 0 bridgehead atoms. The Kier molecular flexibility index (Phi) is 5.28. The summed E-state index contributed by atoms with van der Waals surface area (Å²) in [6.07, 6.45) is 5.67. The molecule has 1 fully saturated rings. The number of aromatic nitrogens is 2. The fourth-order valence-electron chi connectivity index (χ4n) is 3.19. The van der Waals surface area contributed by atoms with Crippen LogP contribution in [0.1, 0.15) is 51.6 Å². The van der Waals surface area contributed by atoms with Gasteiger partial charge in [0.25, 0.3) is 0 Å². The molecule has 1 heterocycles. The van der Waals surface area contributed by atoms with E-state index in [0.29, 0.717) is 17.8 Å². The van der Waals surface area contributed by atoms with E-state index in [1.54, 1.807) is 6.20 Å². The van der Waals surface area contributed by atoms with Gasteiger partial charge in [0.2, 0.25) is 0 Å². The van der Waals surface area contributed by atoms with Crippen molar-refractivity contribution < 1.29 is 0 Å².